The topological polar surface area (TPSA) is 93.4 Å². The van der Waals surface area contributed by atoms with Gasteiger partial charge in [0.2, 0.25) is 0 Å². The maximum atomic E-state index is 12.0. The number of hydrogen-bond acceptors (Lipinski definition) is 3. The molecule has 0 unspecified atom stereocenters. The van der Waals surface area contributed by atoms with Gasteiger partial charge >= 0.3 is 6.03 Å². The molecule has 0 fully saturated rings. The lowest BCUT2D eigenvalue weighted by atomic mass is 10.2. The zero-order valence-corrected chi connectivity index (χ0v) is 13.0. The van der Waals surface area contributed by atoms with Crippen LogP contribution in [0.15, 0.2) is 48.5 Å². The molecule has 6 nitrogen and oxygen atoms in total. The lowest BCUT2D eigenvalue weighted by Crippen LogP contribution is -2.29. The van der Waals surface area contributed by atoms with E-state index in [1.54, 1.807) is 48.5 Å². The molecular formula is C17H19N3O3. The van der Waals surface area contributed by atoms with Crippen LogP contribution in [0.5, 0.6) is 11.5 Å². The third kappa shape index (κ3) is 5.03. The average molecular weight is 313 g/mol. The minimum Gasteiger partial charge on any atom is -0.457 e. The van der Waals surface area contributed by atoms with Gasteiger partial charge in [-0.25, -0.2) is 4.79 Å². The zero-order valence-electron chi connectivity index (χ0n) is 13.0. The Balaban J connectivity index is 2.08. The first-order valence-electron chi connectivity index (χ1n) is 7.19. The van der Waals surface area contributed by atoms with Crippen LogP contribution in [0.4, 0.5) is 10.5 Å². The number of benzene rings is 2. The molecule has 120 valence electrons. The highest BCUT2D eigenvalue weighted by Gasteiger charge is 2.08. The highest BCUT2D eigenvalue weighted by Crippen LogP contribution is 2.23. The zero-order chi connectivity index (χ0) is 16.8. The number of amides is 3. The van der Waals surface area contributed by atoms with Crippen molar-refractivity contribution in [2.24, 2.45) is 5.73 Å². The lowest BCUT2D eigenvalue weighted by molar-refractivity contribution is 0.0943. The number of primary amides is 1. The predicted octanol–water partition coefficient (Wildman–Crippen LogP) is 3.11. The van der Waals surface area contributed by atoms with Crippen LogP contribution in [0.25, 0.3) is 0 Å². The largest absolute Gasteiger partial charge is 0.457 e. The van der Waals surface area contributed by atoms with Crippen molar-refractivity contribution in [2.75, 3.05) is 5.32 Å². The molecule has 0 bridgehead atoms. The number of urea groups is 1. The van der Waals surface area contributed by atoms with Crippen LogP contribution >= 0.6 is 0 Å². The molecule has 4 N–H and O–H groups in total. The third-order valence-corrected chi connectivity index (χ3v) is 2.87. The fraction of sp³-hybridized carbons (Fsp3) is 0.176. The van der Waals surface area contributed by atoms with Crippen molar-refractivity contribution in [3.63, 3.8) is 0 Å². The molecular weight excluding hydrogens is 294 g/mol. The Morgan fingerprint density at radius 2 is 1.74 bits per heavy atom. The Hall–Kier alpha value is -3.02. The van der Waals surface area contributed by atoms with E-state index in [9.17, 15) is 9.59 Å². The van der Waals surface area contributed by atoms with E-state index in [0.29, 0.717) is 22.7 Å². The number of anilines is 1. The summed E-state index contributed by atoms with van der Waals surface area (Å²) in [6.45, 7) is 3.81. The molecule has 0 saturated heterocycles. The Labute approximate surface area is 134 Å². The van der Waals surface area contributed by atoms with E-state index in [4.69, 9.17) is 10.5 Å². The first-order chi connectivity index (χ1) is 10.9. The van der Waals surface area contributed by atoms with Crippen molar-refractivity contribution >= 4 is 17.6 Å². The number of nitrogens with two attached hydrogens (primary N) is 1. The standard InChI is InChI=1S/C17H19N3O3/c1-11(2)19-16(21)12-4-3-5-15(10-12)23-14-8-6-13(7-9-14)20-17(18)22/h3-11H,1-2H3,(H,19,21)(H3,18,20,22). The smallest absolute Gasteiger partial charge is 0.316 e. The van der Waals surface area contributed by atoms with E-state index < -0.39 is 6.03 Å². The van der Waals surface area contributed by atoms with Gasteiger partial charge in [0.1, 0.15) is 11.5 Å². The molecule has 2 aromatic carbocycles. The van der Waals surface area contributed by atoms with Crippen molar-refractivity contribution in [1.82, 2.24) is 5.32 Å². The van der Waals surface area contributed by atoms with Crippen molar-refractivity contribution in [1.29, 1.82) is 0 Å². The number of nitrogens with one attached hydrogen (secondary N) is 2. The average Bonchev–Trinajstić information content (AvgIpc) is 2.48. The van der Waals surface area contributed by atoms with E-state index in [0.717, 1.165) is 0 Å². The molecule has 0 atom stereocenters. The van der Waals surface area contributed by atoms with Crippen LogP contribution in [-0.2, 0) is 0 Å². The molecule has 0 aliphatic carbocycles. The molecule has 0 aromatic heterocycles. The minimum absolute atomic E-state index is 0.0670. The molecule has 0 radical (unpaired) electrons. The molecule has 2 rings (SSSR count). The molecule has 2 aromatic rings. The number of ether oxygens (including phenoxy) is 1. The Bertz CT molecular complexity index is 696. The van der Waals surface area contributed by atoms with Crippen LogP contribution < -0.4 is 21.1 Å². The van der Waals surface area contributed by atoms with Gasteiger partial charge < -0.3 is 21.1 Å². The SMILES string of the molecule is CC(C)NC(=O)c1cccc(Oc2ccc(NC(N)=O)cc2)c1. The second-order valence-corrected chi connectivity index (χ2v) is 5.27. The quantitative estimate of drug-likeness (QED) is 0.791. The van der Waals surface area contributed by atoms with Crippen molar-refractivity contribution in [3.8, 4) is 11.5 Å². The molecule has 0 spiro atoms. The van der Waals surface area contributed by atoms with Gasteiger partial charge in [0.15, 0.2) is 0 Å². The van der Waals surface area contributed by atoms with Gasteiger partial charge in [0.25, 0.3) is 5.91 Å². The third-order valence-electron chi connectivity index (χ3n) is 2.87. The summed E-state index contributed by atoms with van der Waals surface area (Å²) in [7, 11) is 0. The second-order valence-electron chi connectivity index (χ2n) is 5.27. The van der Waals surface area contributed by atoms with Crippen molar-refractivity contribution in [3.05, 3.63) is 54.1 Å². The summed E-state index contributed by atoms with van der Waals surface area (Å²) < 4.78 is 5.71. The van der Waals surface area contributed by atoms with E-state index in [-0.39, 0.29) is 11.9 Å². The Kier molecular flexibility index (Phi) is 5.19. The van der Waals surface area contributed by atoms with Gasteiger partial charge in [-0.2, -0.15) is 0 Å². The molecule has 0 aliphatic rings. The summed E-state index contributed by atoms with van der Waals surface area (Å²) in [5, 5.41) is 5.30. The van der Waals surface area contributed by atoms with E-state index in [1.165, 1.54) is 0 Å². The molecule has 0 aliphatic heterocycles. The highest BCUT2D eigenvalue weighted by atomic mass is 16.5. The first-order valence-corrected chi connectivity index (χ1v) is 7.19. The van der Waals surface area contributed by atoms with E-state index >= 15 is 0 Å². The number of carbonyl (C=O) groups excluding carboxylic acids is 2. The van der Waals surface area contributed by atoms with Crippen LogP contribution in [0.2, 0.25) is 0 Å². The highest BCUT2D eigenvalue weighted by molar-refractivity contribution is 5.94. The van der Waals surface area contributed by atoms with E-state index in [1.807, 2.05) is 13.8 Å². The van der Waals surface area contributed by atoms with Crippen molar-refractivity contribution < 1.29 is 14.3 Å². The molecule has 0 heterocycles. The molecule has 0 saturated carbocycles. The van der Waals surface area contributed by atoms with Gasteiger partial charge in [0, 0.05) is 17.3 Å². The van der Waals surface area contributed by atoms with Crippen molar-refractivity contribution in [2.45, 2.75) is 19.9 Å². The van der Waals surface area contributed by atoms with Gasteiger partial charge in [-0.1, -0.05) is 6.07 Å². The maximum Gasteiger partial charge on any atom is 0.316 e. The monoisotopic (exact) mass is 313 g/mol. The van der Waals surface area contributed by atoms with Gasteiger partial charge in [-0.3, -0.25) is 4.79 Å². The minimum atomic E-state index is -0.623. The maximum absolute atomic E-state index is 12.0. The fourth-order valence-corrected chi connectivity index (χ4v) is 1.93. The van der Waals surface area contributed by atoms with Gasteiger partial charge in [-0.05, 0) is 56.3 Å². The number of hydrogen-bond donors (Lipinski definition) is 3. The van der Waals surface area contributed by atoms with Gasteiger partial charge in [0.05, 0.1) is 0 Å². The van der Waals surface area contributed by atoms with E-state index in [2.05, 4.69) is 10.6 Å². The summed E-state index contributed by atoms with van der Waals surface area (Å²) >= 11 is 0. The normalized spacial score (nSPS) is 10.2. The van der Waals surface area contributed by atoms with Crippen LogP contribution in [0.1, 0.15) is 24.2 Å². The lowest BCUT2D eigenvalue weighted by Gasteiger charge is -2.10. The van der Waals surface area contributed by atoms with Crippen LogP contribution in [0, 0.1) is 0 Å². The number of rotatable bonds is 5. The number of carbonyl (C=O) groups is 2. The summed E-state index contributed by atoms with van der Waals surface area (Å²) in [6.07, 6.45) is 0. The van der Waals surface area contributed by atoms with Crippen LogP contribution in [-0.4, -0.2) is 18.0 Å². The second kappa shape index (κ2) is 7.31. The Morgan fingerprint density at radius 1 is 1.04 bits per heavy atom. The summed E-state index contributed by atoms with van der Waals surface area (Å²) in [5.41, 5.74) is 6.16. The summed E-state index contributed by atoms with van der Waals surface area (Å²) in [4.78, 5) is 22.8. The molecule has 23 heavy (non-hydrogen) atoms. The fourth-order valence-electron chi connectivity index (χ4n) is 1.93. The summed E-state index contributed by atoms with van der Waals surface area (Å²) in [5.74, 6) is 0.991. The molecule has 3 amide bonds. The van der Waals surface area contributed by atoms with Crippen LogP contribution in [0.3, 0.4) is 0 Å². The summed E-state index contributed by atoms with van der Waals surface area (Å²) in [6, 6.07) is 13.1. The van der Waals surface area contributed by atoms with Gasteiger partial charge in [-0.15, -0.1) is 0 Å². The molecule has 6 heteroatoms. The predicted molar refractivity (Wildman–Crippen MR) is 88.8 cm³/mol. The Morgan fingerprint density at radius 3 is 2.35 bits per heavy atom. The first kappa shape index (κ1) is 16.4.